The first-order chi connectivity index (χ1) is 12.0. The van der Waals surface area contributed by atoms with Crippen molar-refractivity contribution in [2.45, 2.75) is 6.10 Å². The summed E-state index contributed by atoms with van der Waals surface area (Å²) in [5.41, 5.74) is 5.39. The first kappa shape index (κ1) is 16.8. The zero-order valence-electron chi connectivity index (χ0n) is 12.9. The van der Waals surface area contributed by atoms with Gasteiger partial charge in [-0.15, -0.1) is 11.3 Å². The van der Waals surface area contributed by atoms with Crippen LogP contribution in [-0.2, 0) is 14.3 Å². The van der Waals surface area contributed by atoms with Gasteiger partial charge in [-0.2, -0.15) is 0 Å². The number of primary amides is 1. The van der Waals surface area contributed by atoms with Crippen molar-refractivity contribution in [2.24, 2.45) is 5.73 Å². The number of rotatable bonds is 5. The van der Waals surface area contributed by atoms with Crippen molar-refractivity contribution in [3.8, 4) is 11.5 Å². The second-order valence-electron chi connectivity index (χ2n) is 5.05. The number of ether oxygens (including phenoxy) is 3. The van der Waals surface area contributed by atoms with Crippen molar-refractivity contribution in [3.05, 3.63) is 41.3 Å². The van der Waals surface area contributed by atoms with E-state index in [4.69, 9.17) is 19.9 Å². The van der Waals surface area contributed by atoms with E-state index in [1.165, 1.54) is 6.07 Å². The number of anilines is 1. The highest BCUT2D eigenvalue weighted by molar-refractivity contribution is 7.14. The van der Waals surface area contributed by atoms with Gasteiger partial charge in [0.15, 0.2) is 18.1 Å². The maximum Gasteiger partial charge on any atom is 0.351 e. The molecular weight excluding hydrogens is 348 g/mol. The number of benzene rings is 1. The summed E-state index contributed by atoms with van der Waals surface area (Å²) in [5, 5.41) is 4.40. The standard InChI is InChI=1S/C16H14N2O6S/c17-14(20)9-5-6-25-15(9)18-13(19)8-23-16(21)12-7-22-10-3-1-2-4-11(10)24-12/h1-6,12H,7-8H2,(H2,17,20)(H,18,19)/t12-/m0/s1. The summed E-state index contributed by atoms with van der Waals surface area (Å²) < 4.78 is 15.8. The summed E-state index contributed by atoms with van der Waals surface area (Å²) in [6.45, 7) is -0.523. The summed E-state index contributed by atoms with van der Waals surface area (Å²) in [5.74, 6) is -0.979. The second-order valence-corrected chi connectivity index (χ2v) is 5.96. The van der Waals surface area contributed by atoms with E-state index < -0.39 is 30.5 Å². The first-order valence-corrected chi connectivity index (χ1v) is 8.15. The lowest BCUT2D eigenvalue weighted by Crippen LogP contribution is -2.39. The van der Waals surface area contributed by atoms with Gasteiger partial charge in [-0.25, -0.2) is 4.79 Å². The number of fused-ring (bicyclic) bond motifs is 1. The molecule has 0 fully saturated rings. The molecule has 3 N–H and O–H groups in total. The predicted molar refractivity (Wildman–Crippen MR) is 88.8 cm³/mol. The number of amides is 2. The van der Waals surface area contributed by atoms with Crippen molar-refractivity contribution in [3.63, 3.8) is 0 Å². The smallest absolute Gasteiger partial charge is 0.351 e. The van der Waals surface area contributed by atoms with Crippen LogP contribution in [-0.4, -0.2) is 37.1 Å². The summed E-state index contributed by atoms with van der Waals surface area (Å²) >= 11 is 1.14. The first-order valence-electron chi connectivity index (χ1n) is 7.27. The third-order valence-corrected chi connectivity index (χ3v) is 4.13. The third kappa shape index (κ3) is 3.89. The zero-order valence-corrected chi connectivity index (χ0v) is 13.7. The molecule has 1 aromatic heterocycles. The average molecular weight is 362 g/mol. The Morgan fingerprint density at radius 1 is 1.24 bits per heavy atom. The number of carbonyl (C=O) groups is 3. The van der Waals surface area contributed by atoms with Gasteiger partial charge in [0, 0.05) is 0 Å². The van der Waals surface area contributed by atoms with Crippen LogP contribution < -0.4 is 20.5 Å². The number of carbonyl (C=O) groups excluding carboxylic acids is 3. The average Bonchev–Trinajstić information content (AvgIpc) is 3.07. The predicted octanol–water partition coefficient (Wildman–Crippen LogP) is 1.17. The second kappa shape index (κ2) is 7.22. The van der Waals surface area contributed by atoms with Gasteiger partial charge in [0.25, 0.3) is 11.8 Å². The molecule has 0 unspecified atom stereocenters. The Kier molecular flexibility index (Phi) is 4.85. The largest absolute Gasteiger partial charge is 0.485 e. The fourth-order valence-electron chi connectivity index (χ4n) is 2.13. The van der Waals surface area contributed by atoms with Crippen LogP contribution in [0.4, 0.5) is 5.00 Å². The van der Waals surface area contributed by atoms with Crippen LogP contribution in [0.5, 0.6) is 11.5 Å². The van der Waals surface area contributed by atoms with Gasteiger partial charge in [0.05, 0.1) is 5.56 Å². The van der Waals surface area contributed by atoms with Gasteiger partial charge in [-0.3, -0.25) is 9.59 Å². The molecular formula is C16H14N2O6S. The molecule has 9 heteroatoms. The van der Waals surface area contributed by atoms with Crippen LogP contribution in [0.15, 0.2) is 35.7 Å². The van der Waals surface area contributed by atoms with E-state index in [1.54, 1.807) is 29.6 Å². The molecule has 8 nitrogen and oxygen atoms in total. The van der Waals surface area contributed by atoms with Gasteiger partial charge in [0.2, 0.25) is 6.10 Å². The van der Waals surface area contributed by atoms with Gasteiger partial charge in [-0.05, 0) is 23.6 Å². The Morgan fingerprint density at radius 3 is 2.76 bits per heavy atom. The number of nitrogens with one attached hydrogen (secondary N) is 1. The molecule has 0 radical (unpaired) electrons. The normalized spacial score (nSPS) is 15.3. The molecule has 1 aliphatic heterocycles. The Labute approximate surface area is 146 Å². The minimum atomic E-state index is -0.953. The van der Waals surface area contributed by atoms with E-state index in [-0.39, 0.29) is 12.2 Å². The summed E-state index contributed by atoms with van der Waals surface area (Å²) in [6.07, 6.45) is -0.953. The lowest BCUT2D eigenvalue weighted by molar-refractivity contribution is -0.156. The minimum absolute atomic E-state index is 0.00574. The molecule has 3 rings (SSSR count). The van der Waals surface area contributed by atoms with Gasteiger partial charge in [-0.1, -0.05) is 12.1 Å². The number of hydrogen-bond acceptors (Lipinski definition) is 7. The maximum atomic E-state index is 12.0. The Hall–Kier alpha value is -3.07. The van der Waals surface area contributed by atoms with Crippen molar-refractivity contribution in [2.75, 3.05) is 18.5 Å². The number of para-hydroxylation sites is 2. The Bertz CT molecular complexity index is 818. The molecule has 0 saturated heterocycles. The molecule has 2 aromatic rings. The molecule has 1 aliphatic rings. The summed E-state index contributed by atoms with van der Waals surface area (Å²) in [7, 11) is 0. The van der Waals surface area contributed by atoms with Crippen LogP contribution in [0.1, 0.15) is 10.4 Å². The number of thiophene rings is 1. The molecule has 130 valence electrons. The van der Waals surface area contributed by atoms with Crippen LogP contribution in [0.25, 0.3) is 0 Å². The van der Waals surface area contributed by atoms with E-state index in [9.17, 15) is 14.4 Å². The molecule has 0 saturated carbocycles. The number of nitrogens with two attached hydrogens (primary N) is 1. The highest BCUT2D eigenvalue weighted by Gasteiger charge is 2.29. The van der Waals surface area contributed by atoms with Gasteiger partial charge < -0.3 is 25.3 Å². The SMILES string of the molecule is NC(=O)c1ccsc1NC(=O)COC(=O)[C@@H]1COc2ccccc2O1. The molecule has 2 amide bonds. The van der Waals surface area contributed by atoms with E-state index in [2.05, 4.69) is 5.32 Å². The highest BCUT2D eigenvalue weighted by Crippen LogP contribution is 2.31. The van der Waals surface area contributed by atoms with Crippen molar-refractivity contribution >= 4 is 34.1 Å². The molecule has 0 bridgehead atoms. The molecule has 1 atom stereocenters. The topological polar surface area (TPSA) is 117 Å². The monoisotopic (exact) mass is 362 g/mol. The van der Waals surface area contributed by atoms with Crippen LogP contribution in [0, 0.1) is 0 Å². The molecule has 1 aromatic carbocycles. The number of hydrogen-bond donors (Lipinski definition) is 2. The van der Waals surface area contributed by atoms with Gasteiger partial charge >= 0.3 is 5.97 Å². The van der Waals surface area contributed by atoms with E-state index >= 15 is 0 Å². The quantitative estimate of drug-likeness (QED) is 0.771. The maximum absolute atomic E-state index is 12.0. The van der Waals surface area contributed by atoms with Crippen molar-refractivity contribution < 1.29 is 28.6 Å². The fraction of sp³-hybridized carbons (Fsp3) is 0.188. The lowest BCUT2D eigenvalue weighted by atomic mass is 10.2. The van der Waals surface area contributed by atoms with Gasteiger partial charge in [0.1, 0.15) is 11.6 Å². The fourth-order valence-corrected chi connectivity index (χ4v) is 2.94. The highest BCUT2D eigenvalue weighted by atomic mass is 32.1. The zero-order chi connectivity index (χ0) is 17.8. The Balaban J connectivity index is 1.52. The van der Waals surface area contributed by atoms with Crippen LogP contribution in [0.2, 0.25) is 0 Å². The third-order valence-electron chi connectivity index (χ3n) is 3.30. The summed E-state index contributed by atoms with van der Waals surface area (Å²) in [4.78, 5) is 35.1. The van der Waals surface area contributed by atoms with E-state index in [0.29, 0.717) is 16.5 Å². The minimum Gasteiger partial charge on any atom is -0.485 e. The van der Waals surface area contributed by atoms with Crippen LogP contribution in [0.3, 0.4) is 0 Å². The number of esters is 1. The Morgan fingerprint density at radius 2 is 2.00 bits per heavy atom. The molecule has 25 heavy (non-hydrogen) atoms. The molecule has 0 aliphatic carbocycles. The molecule has 2 heterocycles. The summed E-state index contributed by atoms with van der Waals surface area (Å²) in [6, 6.07) is 8.43. The van der Waals surface area contributed by atoms with E-state index in [0.717, 1.165) is 11.3 Å². The molecule has 0 spiro atoms. The lowest BCUT2D eigenvalue weighted by Gasteiger charge is -2.24. The van der Waals surface area contributed by atoms with Crippen molar-refractivity contribution in [1.82, 2.24) is 0 Å². The van der Waals surface area contributed by atoms with Crippen molar-refractivity contribution in [1.29, 1.82) is 0 Å². The van der Waals surface area contributed by atoms with Crippen LogP contribution >= 0.6 is 11.3 Å². The van der Waals surface area contributed by atoms with E-state index in [1.807, 2.05) is 0 Å².